The zero-order valence-electron chi connectivity index (χ0n) is 16.5. The summed E-state index contributed by atoms with van der Waals surface area (Å²) in [7, 11) is 0. The Labute approximate surface area is 146 Å². The van der Waals surface area contributed by atoms with E-state index in [1.807, 2.05) is 0 Å². The molecule has 24 heavy (non-hydrogen) atoms. The Hall–Kier alpha value is -1.82. The molecule has 3 rings (SSSR count). The highest BCUT2D eigenvalue weighted by atomic mass is 14.3. The van der Waals surface area contributed by atoms with Crippen molar-refractivity contribution < 1.29 is 0 Å². The van der Waals surface area contributed by atoms with Crippen molar-refractivity contribution in [3.8, 4) is 0 Å². The molecule has 0 aromatic heterocycles. The Balaban J connectivity index is 2.71. The monoisotopic (exact) mass is 318 g/mol. The van der Waals surface area contributed by atoms with E-state index in [-0.39, 0.29) is 10.8 Å². The molecule has 0 unspecified atom stereocenters. The third-order valence-electron chi connectivity index (χ3n) is 4.93. The number of fused-ring (bicyclic) bond motifs is 3. The molecule has 3 aromatic carbocycles. The van der Waals surface area contributed by atoms with Crippen LogP contribution in [0, 0.1) is 13.8 Å². The molecule has 126 valence electrons. The summed E-state index contributed by atoms with van der Waals surface area (Å²) in [5.41, 5.74) is 5.89. The topological polar surface area (TPSA) is 0 Å². The number of aryl methyl sites for hydroxylation is 2. The van der Waals surface area contributed by atoms with E-state index in [4.69, 9.17) is 0 Å². The second-order valence-corrected chi connectivity index (χ2v) is 9.35. The average molecular weight is 319 g/mol. The summed E-state index contributed by atoms with van der Waals surface area (Å²) >= 11 is 0. The smallest absolute Gasteiger partial charge is 0.0102 e. The quantitative estimate of drug-likeness (QED) is 0.384. The van der Waals surface area contributed by atoms with Crippen LogP contribution in [0.15, 0.2) is 36.4 Å². The highest BCUT2D eigenvalue weighted by Gasteiger charge is 2.29. The van der Waals surface area contributed by atoms with Crippen molar-refractivity contribution in [2.45, 2.75) is 66.2 Å². The molecule has 0 atom stereocenters. The molecule has 0 aliphatic carbocycles. The molecule has 0 saturated heterocycles. The maximum Gasteiger partial charge on any atom is -0.0102 e. The molecule has 0 N–H and O–H groups in total. The minimum absolute atomic E-state index is 0.104. The molecule has 0 bridgehead atoms. The molecule has 0 radical (unpaired) electrons. The minimum Gasteiger partial charge on any atom is -0.0587 e. The van der Waals surface area contributed by atoms with Gasteiger partial charge in [-0.05, 0) is 57.3 Å². The van der Waals surface area contributed by atoms with Crippen molar-refractivity contribution in [2.75, 3.05) is 0 Å². The lowest BCUT2D eigenvalue weighted by atomic mass is 9.70. The first-order valence-electron chi connectivity index (χ1n) is 8.98. The highest BCUT2D eigenvalue weighted by Crippen LogP contribution is 2.44. The molecule has 0 nitrogen and oxygen atoms in total. The van der Waals surface area contributed by atoms with E-state index in [2.05, 4.69) is 91.8 Å². The van der Waals surface area contributed by atoms with Gasteiger partial charge in [-0.2, -0.15) is 0 Å². The van der Waals surface area contributed by atoms with Gasteiger partial charge in [0, 0.05) is 0 Å². The third kappa shape index (κ3) is 2.73. The molecule has 0 saturated carbocycles. The summed E-state index contributed by atoms with van der Waals surface area (Å²) in [4.78, 5) is 0. The van der Waals surface area contributed by atoms with Crippen LogP contribution in [0.2, 0.25) is 0 Å². The molecule has 0 aliphatic heterocycles. The molecule has 0 heterocycles. The summed E-state index contributed by atoms with van der Waals surface area (Å²) in [5, 5.41) is 5.61. The molecular weight excluding hydrogens is 288 g/mol. The Morgan fingerprint density at radius 3 is 1.12 bits per heavy atom. The zero-order chi connectivity index (χ0) is 17.9. The SMILES string of the molecule is Cc1ccc2c(c1)c(C(C)(C)C)c(C(C)(C)C)c1cc(C)ccc12. The molecule has 0 heteroatoms. The van der Waals surface area contributed by atoms with Crippen molar-refractivity contribution in [2.24, 2.45) is 0 Å². The zero-order valence-corrected chi connectivity index (χ0v) is 16.5. The molecule has 0 fully saturated rings. The van der Waals surface area contributed by atoms with Gasteiger partial charge >= 0.3 is 0 Å². The van der Waals surface area contributed by atoms with Crippen LogP contribution < -0.4 is 0 Å². The predicted molar refractivity (Wildman–Crippen MR) is 108 cm³/mol. The van der Waals surface area contributed by atoms with Gasteiger partial charge in [0.25, 0.3) is 0 Å². The number of rotatable bonds is 0. The van der Waals surface area contributed by atoms with E-state index in [0.29, 0.717) is 0 Å². The summed E-state index contributed by atoms with van der Waals surface area (Å²) < 4.78 is 0. The Kier molecular flexibility index (Phi) is 3.79. The number of hydrogen-bond donors (Lipinski definition) is 0. The second-order valence-electron chi connectivity index (χ2n) is 9.35. The van der Waals surface area contributed by atoms with Gasteiger partial charge in [-0.1, -0.05) is 89.1 Å². The van der Waals surface area contributed by atoms with Gasteiger partial charge in [0.15, 0.2) is 0 Å². The normalized spacial score (nSPS) is 13.0. The van der Waals surface area contributed by atoms with Crippen LogP contribution >= 0.6 is 0 Å². The maximum atomic E-state index is 2.38. The van der Waals surface area contributed by atoms with E-state index in [9.17, 15) is 0 Å². The average Bonchev–Trinajstić information content (AvgIpc) is 2.42. The van der Waals surface area contributed by atoms with Crippen molar-refractivity contribution in [3.63, 3.8) is 0 Å². The van der Waals surface area contributed by atoms with E-state index in [1.165, 1.54) is 43.8 Å². The van der Waals surface area contributed by atoms with E-state index < -0.39 is 0 Å². The molecular formula is C24H30. The van der Waals surface area contributed by atoms with Crippen LogP contribution in [0.4, 0.5) is 0 Å². The van der Waals surface area contributed by atoms with Crippen LogP contribution in [0.3, 0.4) is 0 Å². The first kappa shape index (κ1) is 17.0. The van der Waals surface area contributed by atoms with Gasteiger partial charge in [0.1, 0.15) is 0 Å². The van der Waals surface area contributed by atoms with Crippen LogP contribution in [0.25, 0.3) is 21.5 Å². The largest absolute Gasteiger partial charge is 0.0587 e. The summed E-state index contributed by atoms with van der Waals surface area (Å²) in [6.07, 6.45) is 0. The molecule has 0 aliphatic rings. The second kappa shape index (κ2) is 5.34. The maximum absolute atomic E-state index is 2.38. The lowest BCUT2D eigenvalue weighted by Crippen LogP contribution is -2.23. The van der Waals surface area contributed by atoms with Crippen LogP contribution in [0.1, 0.15) is 63.8 Å². The van der Waals surface area contributed by atoms with Crippen molar-refractivity contribution in [1.29, 1.82) is 0 Å². The van der Waals surface area contributed by atoms with Crippen molar-refractivity contribution in [1.82, 2.24) is 0 Å². The predicted octanol–water partition coefficient (Wildman–Crippen LogP) is 7.20. The molecule has 3 aromatic rings. The van der Waals surface area contributed by atoms with E-state index in [0.717, 1.165) is 0 Å². The van der Waals surface area contributed by atoms with Crippen LogP contribution in [0.5, 0.6) is 0 Å². The lowest BCUT2D eigenvalue weighted by molar-refractivity contribution is 0.539. The molecule has 0 amide bonds. The first-order chi connectivity index (χ1) is 11.0. The van der Waals surface area contributed by atoms with Gasteiger partial charge < -0.3 is 0 Å². The molecule has 0 spiro atoms. The fourth-order valence-corrected chi connectivity index (χ4v) is 4.03. The summed E-state index contributed by atoms with van der Waals surface area (Å²) in [5.74, 6) is 0. The van der Waals surface area contributed by atoms with E-state index in [1.54, 1.807) is 0 Å². The Bertz CT molecular complexity index is 850. The minimum atomic E-state index is 0.104. The fourth-order valence-electron chi connectivity index (χ4n) is 4.03. The van der Waals surface area contributed by atoms with E-state index >= 15 is 0 Å². The third-order valence-corrected chi connectivity index (χ3v) is 4.93. The fraction of sp³-hybridized carbons (Fsp3) is 0.417. The van der Waals surface area contributed by atoms with Crippen LogP contribution in [-0.2, 0) is 10.8 Å². The van der Waals surface area contributed by atoms with Crippen molar-refractivity contribution in [3.05, 3.63) is 58.7 Å². The van der Waals surface area contributed by atoms with Gasteiger partial charge in [0.2, 0.25) is 0 Å². The summed E-state index contributed by atoms with van der Waals surface area (Å²) in [6.45, 7) is 18.5. The summed E-state index contributed by atoms with van der Waals surface area (Å²) in [6, 6.07) is 13.9. The lowest BCUT2D eigenvalue weighted by Gasteiger charge is -2.33. The van der Waals surface area contributed by atoms with Gasteiger partial charge in [-0.25, -0.2) is 0 Å². The standard InChI is InChI=1S/C24H30/c1-15-9-11-17-18-12-10-16(2)14-20(18)22(24(6,7)8)21(19(17)13-15)23(3,4)5/h9-14H,1-8H3. The van der Waals surface area contributed by atoms with Crippen LogP contribution in [-0.4, -0.2) is 0 Å². The van der Waals surface area contributed by atoms with Gasteiger partial charge in [0.05, 0.1) is 0 Å². The Morgan fingerprint density at radius 2 is 0.833 bits per heavy atom. The number of benzene rings is 3. The number of hydrogen-bond acceptors (Lipinski definition) is 0. The van der Waals surface area contributed by atoms with Gasteiger partial charge in [-0.3, -0.25) is 0 Å². The van der Waals surface area contributed by atoms with Crippen molar-refractivity contribution >= 4 is 21.5 Å². The Morgan fingerprint density at radius 1 is 0.500 bits per heavy atom. The van der Waals surface area contributed by atoms with Gasteiger partial charge in [-0.15, -0.1) is 0 Å². The first-order valence-corrected chi connectivity index (χ1v) is 8.98. The highest BCUT2D eigenvalue weighted by molar-refractivity contribution is 6.11.